The molecule has 0 fully saturated rings. The van der Waals surface area contributed by atoms with E-state index < -0.39 is 0 Å². The van der Waals surface area contributed by atoms with E-state index in [0.717, 1.165) is 34.7 Å². The Labute approximate surface area is 167 Å². The van der Waals surface area contributed by atoms with Crippen molar-refractivity contribution in [2.75, 3.05) is 12.1 Å². The fourth-order valence-electron chi connectivity index (χ4n) is 5.10. The SMILES string of the molecule is O=[N+]([O-])c1ccc2c(c1)[C@@H]1c3ccccc3C[C@@H]1[C@H](c1ccc3c(c1)OCO3)N2. The number of hydrogen-bond donors (Lipinski definition) is 1. The molecule has 2 heterocycles. The number of nitrogens with zero attached hydrogens (tertiary/aromatic N) is 1. The topological polar surface area (TPSA) is 73.6 Å². The Morgan fingerprint density at radius 2 is 1.83 bits per heavy atom. The Hall–Kier alpha value is -3.54. The molecule has 0 amide bonds. The minimum atomic E-state index is -0.319. The van der Waals surface area contributed by atoms with E-state index in [4.69, 9.17) is 9.47 Å². The molecule has 3 aromatic rings. The molecule has 0 saturated heterocycles. The van der Waals surface area contributed by atoms with Crippen LogP contribution in [0.25, 0.3) is 0 Å². The average Bonchev–Trinajstić information content (AvgIpc) is 3.36. The lowest BCUT2D eigenvalue weighted by atomic mass is 9.75. The van der Waals surface area contributed by atoms with E-state index >= 15 is 0 Å². The van der Waals surface area contributed by atoms with Crippen LogP contribution < -0.4 is 14.8 Å². The van der Waals surface area contributed by atoms with Crippen LogP contribution >= 0.6 is 0 Å². The molecule has 0 unspecified atom stereocenters. The quantitative estimate of drug-likeness (QED) is 0.506. The number of nitrogens with one attached hydrogen (secondary N) is 1. The number of nitro groups is 1. The number of hydrogen-bond acceptors (Lipinski definition) is 5. The van der Waals surface area contributed by atoms with Crippen LogP contribution in [0, 0.1) is 16.0 Å². The Morgan fingerprint density at radius 1 is 0.966 bits per heavy atom. The highest BCUT2D eigenvalue weighted by molar-refractivity contribution is 5.65. The second-order valence-corrected chi connectivity index (χ2v) is 7.81. The van der Waals surface area contributed by atoms with E-state index in [0.29, 0.717) is 0 Å². The van der Waals surface area contributed by atoms with Gasteiger partial charge in [0.05, 0.1) is 11.0 Å². The molecule has 3 aromatic carbocycles. The fraction of sp³-hybridized carbons (Fsp3) is 0.217. The monoisotopic (exact) mass is 386 g/mol. The van der Waals surface area contributed by atoms with Crippen LogP contribution in [0.1, 0.15) is 34.2 Å². The summed E-state index contributed by atoms with van der Waals surface area (Å²) in [6.07, 6.45) is 0.926. The Balaban J connectivity index is 1.51. The molecule has 0 saturated carbocycles. The average molecular weight is 386 g/mol. The Bertz CT molecular complexity index is 1160. The summed E-state index contributed by atoms with van der Waals surface area (Å²) in [5.41, 5.74) is 5.82. The van der Waals surface area contributed by atoms with Gasteiger partial charge in [-0.25, -0.2) is 0 Å². The minimum absolute atomic E-state index is 0.0795. The number of anilines is 1. The fourth-order valence-corrected chi connectivity index (χ4v) is 5.10. The zero-order valence-corrected chi connectivity index (χ0v) is 15.5. The first-order valence-corrected chi connectivity index (χ1v) is 9.71. The first-order chi connectivity index (χ1) is 14.2. The number of ether oxygens (including phenoxy) is 2. The number of rotatable bonds is 2. The second-order valence-electron chi connectivity index (χ2n) is 7.81. The van der Waals surface area contributed by atoms with Gasteiger partial charge < -0.3 is 14.8 Å². The highest BCUT2D eigenvalue weighted by Gasteiger charge is 2.44. The molecule has 2 aliphatic heterocycles. The van der Waals surface area contributed by atoms with Gasteiger partial charge in [-0.3, -0.25) is 10.1 Å². The zero-order chi connectivity index (χ0) is 19.5. The summed E-state index contributed by atoms with van der Waals surface area (Å²) in [4.78, 5) is 11.1. The van der Waals surface area contributed by atoms with Crippen LogP contribution in [0.15, 0.2) is 60.7 Å². The van der Waals surface area contributed by atoms with Crippen LogP contribution in [-0.2, 0) is 6.42 Å². The van der Waals surface area contributed by atoms with Crippen molar-refractivity contribution in [1.82, 2.24) is 0 Å². The maximum Gasteiger partial charge on any atom is 0.269 e. The number of fused-ring (bicyclic) bond motifs is 6. The van der Waals surface area contributed by atoms with Gasteiger partial charge in [0.15, 0.2) is 11.5 Å². The number of benzene rings is 3. The van der Waals surface area contributed by atoms with Crippen molar-refractivity contribution in [2.45, 2.75) is 18.4 Å². The first kappa shape index (κ1) is 16.4. The lowest BCUT2D eigenvalue weighted by Gasteiger charge is -2.37. The zero-order valence-electron chi connectivity index (χ0n) is 15.5. The van der Waals surface area contributed by atoms with E-state index in [1.807, 2.05) is 12.1 Å². The van der Waals surface area contributed by atoms with Gasteiger partial charge >= 0.3 is 0 Å². The molecule has 144 valence electrons. The maximum atomic E-state index is 11.4. The minimum Gasteiger partial charge on any atom is -0.454 e. The van der Waals surface area contributed by atoms with Crippen molar-refractivity contribution in [1.29, 1.82) is 0 Å². The van der Waals surface area contributed by atoms with Crippen LogP contribution in [0.2, 0.25) is 0 Å². The summed E-state index contributed by atoms with van der Waals surface area (Å²) >= 11 is 0. The highest BCUT2D eigenvalue weighted by atomic mass is 16.7. The molecule has 1 aliphatic carbocycles. The van der Waals surface area contributed by atoms with Gasteiger partial charge in [0.1, 0.15) is 0 Å². The van der Waals surface area contributed by atoms with E-state index in [9.17, 15) is 10.1 Å². The lowest BCUT2D eigenvalue weighted by molar-refractivity contribution is -0.384. The molecular formula is C23H18N2O4. The first-order valence-electron chi connectivity index (χ1n) is 9.71. The number of non-ortho nitro benzene ring substituents is 1. The summed E-state index contributed by atoms with van der Waals surface area (Å²) in [5.74, 6) is 1.93. The summed E-state index contributed by atoms with van der Waals surface area (Å²) in [6.45, 7) is 0.251. The molecule has 6 rings (SSSR count). The van der Waals surface area contributed by atoms with Gasteiger partial charge in [0, 0.05) is 23.7 Å². The molecule has 29 heavy (non-hydrogen) atoms. The molecule has 0 bridgehead atoms. The summed E-state index contributed by atoms with van der Waals surface area (Å²) in [5, 5.41) is 15.0. The van der Waals surface area contributed by atoms with E-state index in [-0.39, 0.29) is 35.3 Å². The van der Waals surface area contributed by atoms with Crippen LogP contribution in [0.4, 0.5) is 11.4 Å². The number of nitro benzene ring substituents is 1. The van der Waals surface area contributed by atoms with Crippen molar-refractivity contribution in [3.8, 4) is 11.5 Å². The van der Waals surface area contributed by atoms with E-state index in [1.54, 1.807) is 12.1 Å². The maximum absolute atomic E-state index is 11.4. The second kappa shape index (κ2) is 5.98. The summed E-state index contributed by atoms with van der Waals surface area (Å²) in [7, 11) is 0. The summed E-state index contributed by atoms with van der Waals surface area (Å²) < 4.78 is 11.1. The third kappa shape index (κ3) is 2.42. The van der Waals surface area contributed by atoms with Gasteiger partial charge in [-0.05, 0) is 52.8 Å². The highest BCUT2D eigenvalue weighted by Crippen LogP contribution is 2.54. The predicted octanol–water partition coefficient (Wildman–Crippen LogP) is 4.79. The van der Waals surface area contributed by atoms with Crippen molar-refractivity contribution in [3.05, 3.63) is 93.0 Å². The van der Waals surface area contributed by atoms with Crippen molar-refractivity contribution >= 4 is 11.4 Å². The molecule has 3 atom stereocenters. The molecule has 3 aliphatic rings. The van der Waals surface area contributed by atoms with Gasteiger partial charge in [-0.2, -0.15) is 0 Å². The van der Waals surface area contributed by atoms with E-state index in [1.165, 1.54) is 11.1 Å². The smallest absolute Gasteiger partial charge is 0.269 e. The predicted molar refractivity (Wildman–Crippen MR) is 108 cm³/mol. The molecular weight excluding hydrogens is 368 g/mol. The lowest BCUT2D eigenvalue weighted by Crippen LogP contribution is -2.30. The van der Waals surface area contributed by atoms with Crippen LogP contribution in [-0.4, -0.2) is 11.7 Å². The van der Waals surface area contributed by atoms with Gasteiger partial charge in [-0.1, -0.05) is 30.3 Å². The van der Waals surface area contributed by atoms with Crippen LogP contribution in [0.5, 0.6) is 11.5 Å². The molecule has 6 nitrogen and oxygen atoms in total. The standard InChI is InChI=1S/C23H18N2O4/c26-25(27)15-6-7-19-17(11-15)22-16-4-2-1-3-13(16)9-18(22)23(24-19)14-5-8-20-21(10-14)29-12-28-20/h1-8,10-11,18,22-24H,9,12H2/t18-,22-,23-/m0/s1. The Morgan fingerprint density at radius 3 is 2.72 bits per heavy atom. The van der Waals surface area contributed by atoms with Crippen LogP contribution in [0.3, 0.4) is 0 Å². The van der Waals surface area contributed by atoms with Gasteiger partial charge in [0.2, 0.25) is 6.79 Å². The van der Waals surface area contributed by atoms with E-state index in [2.05, 4.69) is 41.7 Å². The molecule has 0 spiro atoms. The largest absolute Gasteiger partial charge is 0.454 e. The Kier molecular flexibility index (Phi) is 3.38. The van der Waals surface area contributed by atoms with Gasteiger partial charge in [0.25, 0.3) is 5.69 Å². The van der Waals surface area contributed by atoms with Gasteiger partial charge in [-0.15, -0.1) is 0 Å². The third-order valence-corrected chi connectivity index (χ3v) is 6.35. The van der Waals surface area contributed by atoms with Crippen molar-refractivity contribution in [3.63, 3.8) is 0 Å². The molecule has 6 heteroatoms. The van der Waals surface area contributed by atoms with Crippen molar-refractivity contribution < 1.29 is 14.4 Å². The normalized spacial score (nSPS) is 23.0. The molecule has 0 aromatic heterocycles. The third-order valence-electron chi connectivity index (χ3n) is 6.35. The molecule has 1 N–H and O–H groups in total. The molecule has 0 radical (unpaired) electrons. The summed E-state index contributed by atoms with van der Waals surface area (Å²) in [6, 6.07) is 19.8. The van der Waals surface area contributed by atoms with Crippen molar-refractivity contribution in [2.24, 2.45) is 5.92 Å².